The minimum absolute atomic E-state index is 0.0140. The van der Waals surface area contributed by atoms with Crippen LogP contribution in [0.25, 0.3) is 0 Å². The highest BCUT2D eigenvalue weighted by Crippen LogP contribution is 2.28. The minimum atomic E-state index is -3.76. The van der Waals surface area contributed by atoms with Gasteiger partial charge in [0, 0.05) is 38.0 Å². The number of sulfonamides is 1. The molecule has 6 nitrogen and oxygen atoms in total. The Morgan fingerprint density at radius 1 is 0.765 bits per heavy atom. The zero-order valence-electron chi connectivity index (χ0n) is 18.4. The van der Waals surface area contributed by atoms with Crippen LogP contribution < -0.4 is 0 Å². The summed E-state index contributed by atoms with van der Waals surface area (Å²) < 4.78 is 67.3. The molecule has 2 aliphatic heterocycles. The van der Waals surface area contributed by atoms with E-state index >= 15 is 0 Å². The van der Waals surface area contributed by atoms with Crippen molar-refractivity contribution < 1.29 is 31.2 Å². The van der Waals surface area contributed by atoms with Gasteiger partial charge in [-0.05, 0) is 68.1 Å². The van der Waals surface area contributed by atoms with E-state index in [9.17, 15) is 31.2 Å². The van der Waals surface area contributed by atoms with Crippen molar-refractivity contribution >= 4 is 21.7 Å². The molecule has 0 aliphatic carbocycles. The van der Waals surface area contributed by atoms with Gasteiger partial charge in [0.05, 0.1) is 10.5 Å². The lowest BCUT2D eigenvalue weighted by atomic mass is 9.87. The van der Waals surface area contributed by atoms with Crippen LogP contribution in [0.5, 0.6) is 0 Å². The van der Waals surface area contributed by atoms with Crippen molar-refractivity contribution in [2.24, 2.45) is 11.8 Å². The van der Waals surface area contributed by atoms with Crippen molar-refractivity contribution in [2.75, 3.05) is 26.2 Å². The van der Waals surface area contributed by atoms with E-state index in [0.29, 0.717) is 38.8 Å². The molecular formula is C24H25F3N2O4S. The second-order valence-corrected chi connectivity index (χ2v) is 10.7. The molecule has 0 atom stereocenters. The number of ketones is 1. The van der Waals surface area contributed by atoms with E-state index < -0.39 is 39.2 Å². The fourth-order valence-electron chi connectivity index (χ4n) is 4.63. The highest BCUT2D eigenvalue weighted by molar-refractivity contribution is 7.89. The Balaban J connectivity index is 1.31. The van der Waals surface area contributed by atoms with Crippen LogP contribution in [0.15, 0.2) is 47.4 Å². The summed E-state index contributed by atoms with van der Waals surface area (Å²) in [4.78, 5) is 27.3. The normalized spacial score (nSPS) is 18.7. The van der Waals surface area contributed by atoms with Gasteiger partial charge >= 0.3 is 0 Å². The average Bonchev–Trinajstić information content (AvgIpc) is 2.85. The molecule has 0 radical (unpaired) electrons. The third-order valence-corrected chi connectivity index (χ3v) is 8.54. The van der Waals surface area contributed by atoms with Gasteiger partial charge in [-0.2, -0.15) is 4.31 Å². The molecule has 1 amide bonds. The summed E-state index contributed by atoms with van der Waals surface area (Å²) in [6.45, 7) is 1.04. The van der Waals surface area contributed by atoms with Crippen molar-refractivity contribution in [1.29, 1.82) is 0 Å². The number of benzene rings is 2. The van der Waals surface area contributed by atoms with E-state index in [0.717, 1.165) is 30.3 Å². The Bertz CT molecular complexity index is 1170. The van der Waals surface area contributed by atoms with Gasteiger partial charge < -0.3 is 4.90 Å². The topological polar surface area (TPSA) is 74.8 Å². The highest BCUT2D eigenvalue weighted by Gasteiger charge is 2.36. The largest absolute Gasteiger partial charge is 0.342 e. The summed E-state index contributed by atoms with van der Waals surface area (Å²) in [5.41, 5.74) is -0.264. The van der Waals surface area contributed by atoms with Gasteiger partial charge in [0.1, 0.15) is 17.5 Å². The molecule has 0 spiro atoms. The number of nitrogens with zero attached hydrogens (tertiary/aromatic N) is 2. The van der Waals surface area contributed by atoms with Crippen LogP contribution in [-0.4, -0.2) is 55.5 Å². The van der Waals surface area contributed by atoms with Gasteiger partial charge in [-0.1, -0.05) is 0 Å². The van der Waals surface area contributed by atoms with Crippen molar-refractivity contribution in [1.82, 2.24) is 9.21 Å². The van der Waals surface area contributed by atoms with Crippen LogP contribution in [0.4, 0.5) is 13.2 Å². The summed E-state index contributed by atoms with van der Waals surface area (Å²) in [5, 5.41) is 0. The van der Waals surface area contributed by atoms with Crippen LogP contribution in [0.1, 0.15) is 36.0 Å². The molecule has 4 rings (SSSR count). The fourth-order valence-corrected chi connectivity index (χ4v) is 6.09. The standard InChI is InChI=1S/C24H25F3N2O4S/c25-18-1-4-20(5-2-18)34(32,33)29-13-9-17(10-14-29)24(31)28-11-7-16(8-12-28)23(30)21-15-19(26)3-6-22(21)27/h1-6,15-17H,7-14H2. The van der Waals surface area contributed by atoms with Gasteiger partial charge in [-0.15, -0.1) is 0 Å². The molecule has 2 aromatic carbocycles. The number of Topliss-reactive ketones (excluding diaryl/α,β-unsaturated/α-hetero) is 1. The first kappa shape index (κ1) is 24.4. The average molecular weight is 495 g/mol. The summed E-state index contributed by atoms with van der Waals surface area (Å²) in [6, 6.07) is 7.45. The molecule has 182 valence electrons. The number of amides is 1. The molecule has 2 aliphatic rings. The predicted octanol–water partition coefficient (Wildman–Crippen LogP) is 3.63. The lowest BCUT2D eigenvalue weighted by molar-refractivity contribution is -0.138. The number of rotatable bonds is 5. The quantitative estimate of drug-likeness (QED) is 0.595. The lowest BCUT2D eigenvalue weighted by Crippen LogP contribution is -2.47. The van der Waals surface area contributed by atoms with Crippen LogP contribution in [0.2, 0.25) is 0 Å². The lowest BCUT2D eigenvalue weighted by Gasteiger charge is -2.36. The minimum Gasteiger partial charge on any atom is -0.342 e. The molecule has 0 saturated carbocycles. The SMILES string of the molecule is O=C(c1cc(F)ccc1F)C1CCN(C(=O)C2CCN(S(=O)(=O)c3ccc(F)cc3)CC2)CC1. The van der Waals surface area contributed by atoms with Crippen molar-refractivity contribution in [3.63, 3.8) is 0 Å². The monoisotopic (exact) mass is 494 g/mol. The smallest absolute Gasteiger partial charge is 0.243 e. The zero-order chi connectivity index (χ0) is 24.5. The van der Waals surface area contributed by atoms with E-state index in [1.54, 1.807) is 4.90 Å². The molecule has 2 fully saturated rings. The van der Waals surface area contributed by atoms with Gasteiger partial charge in [-0.25, -0.2) is 21.6 Å². The van der Waals surface area contributed by atoms with E-state index in [1.807, 2.05) is 0 Å². The molecular weight excluding hydrogens is 469 g/mol. The fraction of sp³-hybridized carbons (Fsp3) is 0.417. The van der Waals surface area contributed by atoms with E-state index in [2.05, 4.69) is 0 Å². The van der Waals surface area contributed by atoms with Gasteiger partial charge in [0.15, 0.2) is 5.78 Å². The number of hydrogen-bond donors (Lipinski definition) is 0. The number of piperidine rings is 2. The van der Waals surface area contributed by atoms with Gasteiger partial charge in [-0.3, -0.25) is 9.59 Å². The van der Waals surface area contributed by atoms with Crippen molar-refractivity contribution in [3.05, 3.63) is 65.5 Å². The highest BCUT2D eigenvalue weighted by atomic mass is 32.2. The molecule has 34 heavy (non-hydrogen) atoms. The van der Waals surface area contributed by atoms with E-state index in [1.165, 1.54) is 16.4 Å². The Labute approximate surface area is 196 Å². The van der Waals surface area contributed by atoms with Crippen molar-refractivity contribution in [2.45, 2.75) is 30.6 Å². The summed E-state index contributed by atoms with van der Waals surface area (Å²) >= 11 is 0. The van der Waals surface area contributed by atoms with E-state index in [4.69, 9.17) is 0 Å². The second kappa shape index (κ2) is 9.87. The van der Waals surface area contributed by atoms with Gasteiger partial charge in [0.25, 0.3) is 0 Å². The van der Waals surface area contributed by atoms with Crippen LogP contribution >= 0.6 is 0 Å². The van der Waals surface area contributed by atoms with E-state index in [-0.39, 0.29) is 35.4 Å². The number of likely N-dealkylation sites (tertiary alicyclic amines) is 1. The summed E-state index contributed by atoms with van der Waals surface area (Å²) in [7, 11) is -3.76. The molecule has 2 aromatic rings. The summed E-state index contributed by atoms with van der Waals surface area (Å²) in [5.74, 6) is -3.30. The number of carbonyl (C=O) groups excluding carboxylic acids is 2. The van der Waals surface area contributed by atoms with Crippen LogP contribution in [-0.2, 0) is 14.8 Å². The Hall–Kier alpha value is -2.72. The Morgan fingerprint density at radius 3 is 1.94 bits per heavy atom. The maximum Gasteiger partial charge on any atom is 0.243 e. The molecule has 2 saturated heterocycles. The molecule has 2 heterocycles. The predicted molar refractivity (Wildman–Crippen MR) is 118 cm³/mol. The maximum atomic E-state index is 13.9. The number of carbonyl (C=O) groups is 2. The third kappa shape index (κ3) is 5.02. The maximum absolute atomic E-state index is 13.9. The van der Waals surface area contributed by atoms with Gasteiger partial charge in [0.2, 0.25) is 15.9 Å². The third-order valence-electron chi connectivity index (χ3n) is 6.63. The first-order valence-corrected chi connectivity index (χ1v) is 12.6. The first-order valence-electron chi connectivity index (χ1n) is 11.2. The molecule has 0 bridgehead atoms. The molecule has 0 aromatic heterocycles. The second-order valence-electron chi connectivity index (χ2n) is 8.72. The zero-order valence-corrected chi connectivity index (χ0v) is 19.2. The summed E-state index contributed by atoms with van der Waals surface area (Å²) in [6.07, 6.45) is 1.45. The van der Waals surface area contributed by atoms with Crippen LogP contribution in [0.3, 0.4) is 0 Å². The van der Waals surface area contributed by atoms with Crippen LogP contribution in [0, 0.1) is 29.3 Å². The Kier molecular flexibility index (Phi) is 7.09. The number of hydrogen-bond acceptors (Lipinski definition) is 4. The molecule has 0 N–H and O–H groups in total. The molecule has 0 unspecified atom stereocenters. The van der Waals surface area contributed by atoms with Crippen molar-refractivity contribution in [3.8, 4) is 0 Å². The Morgan fingerprint density at radius 2 is 1.32 bits per heavy atom. The number of halogens is 3. The molecule has 10 heteroatoms. The first-order chi connectivity index (χ1) is 16.2.